The number of carbonyl (C=O) groups is 1. The minimum absolute atomic E-state index is 0.552. The molecule has 92 valence electrons. The average molecular weight is 263 g/mol. The van der Waals surface area contributed by atoms with E-state index in [2.05, 4.69) is 4.84 Å². The molecule has 0 spiro atoms. The topological polar surface area (TPSA) is 144 Å². The Morgan fingerprint density at radius 1 is 1.41 bits per heavy atom. The molecule has 0 aliphatic rings. The van der Waals surface area contributed by atoms with Crippen LogP contribution in [0.3, 0.4) is 0 Å². The van der Waals surface area contributed by atoms with Crippen molar-refractivity contribution in [2.45, 2.75) is 4.90 Å². The molecule has 1 rings (SSSR count). The second-order valence-electron chi connectivity index (χ2n) is 2.76. The van der Waals surface area contributed by atoms with Crippen LogP contribution in [0.4, 0.5) is 0 Å². The Balaban J connectivity index is 3.25. The maximum Gasteiger partial charge on any atom is 0.338 e. The first kappa shape index (κ1) is 12.9. The molecule has 0 saturated heterocycles. The Morgan fingerprint density at radius 3 is 2.47 bits per heavy atom. The van der Waals surface area contributed by atoms with Gasteiger partial charge in [0, 0.05) is 0 Å². The van der Waals surface area contributed by atoms with Gasteiger partial charge in [-0.1, -0.05) is 0 Å². The highest BCUT2D eigenvalue weighted by atomic mass is 32.2. The molecular formula is C7H5NO8S. The molecule has 1 aromatic carbocycles. The molecule has 9 nitrogen and oxygen atoms in total. The predicted octanol–water partition coefficient (Wildman–Crippen LogP) is -0.0126. The zero-order valence-corrected chi connectivity index (χ0v) is 8.75. The van der Waals surface area contributed by atoms with Crippen molar-refractivity contribution < 1.29 is 32.8 Å². The Hall–Kier alpha value is -2.20. The van der Waals surface area contributed by atoms with Crippen molar-refractivity contribution in [2.24, 2.45) is 0 Å². The number of nitrogens with zero attached hydrogens (tertiary/aromatic N) is 1. The second-order valence-corrected chi connectivity index (χ2v) is 4.18. The number of benzene rings is 1. The summed E-state index contributed by atoms with van der Waals surface area (Å²) in [5.74, 6) is -2.28. The van der Waals surface area contributed by atoms with E-state index >= 15 is 0 Å². The molecule has 0 heterocycles. The third-order valence-electron chi connectivity index (χ3n) is 1.64. The fourth-order valence-corrected chi connectivity index (χ4v) is 1.46. The molecule has 0 aliphatic carbocycles. The fourth-order valence-electron chi connectivity index (χ4n) is 0.956. The van der Waals surface area contributed by atoms with Crippen molar-refractivity contribution in [2.75, 3.05) is 0 Å². The summed E-state index contributed by atoms with van der Waals surface area (Å²) in [5.41, 5.74) is -0.753. The summed E-state index contributed by atoms with van der Waals surface area (Å²) in [5, 5.41) is 17.7. The molecule has 0 fully saturated rings. The molecule has 0 saturated carbocycles. The van der Waals surface area contributed by atoms with Gasteiger partial charge in [-0.2, -0.15) is 8.42 Å². The van der Waals surface area contributed by atoms with Crippen LogP contribution in [0.1, 0.15) is 10.4 Å². The van der Waals surface area contributed by atoms with Crippen LogP contribution in [-0.2, 0) is 15.0 Å². The first-order valence-corrected chi connectivity index (χ1v) is 5.33. The standard InChI is InChI=1S/C7H5NO8S/c9-6-2-1-4(17(13,14)15)3-5(6)7(10)16-8(11)12/h1-3,9H,(H,13,14,15). The van der Waals surface area contributed by atoms with Gasteiger partial charge in [0.15, 0.2) is 0 Å². The summed E-state index contributed by atoms with van der Waals surface area (Å²) in [6.45, 7) is 0. The lowest BCUT2D eigenvalue weighted by atomic mass is 10.2. The molecular weight excluding hydrogens is 258 g/mol. The summed E-state index contributed by atoms with van der Waals surface area (Å²) >= 11 is 0. The quantitative estimate of drug-likeness (QED) is 0.440. The molecule has 0 aromatic heterocycles. The van der Waals surface area contributed by atoms with E-state index in [0.717, 1.165) is 12.1 Å². The van der Waals surface area contributed by atoms with Crippen molar-refractivity contribution in [3.05, 3.63) is 33.9 Å². The van der Waals surface area contributed by atoms with Gasteiger partial charge in [-0.3, -0.25) is 9.35 Å². The summed E-state index contributed by atoms with van der Waals surface area (Å²) in [6, 6.07) is 2.14. The lowest BCUT2D eigenvalue weighted by molar-refractivity contribution is -0.727. The largest absolute Gasteiger partial charge is 0.507 e. The Bertz CT molecular complexity index is 578. The van der Waals surface area contributed by atoms with Gasteiger partial charge in [-0.25, -0.2) is 4.84 Å². The molecule has 1 aromatic rings. The monoisotopic (exact) mass is 263 g/mol. The van der Waals surface area contributed by atoms with E-state index in [4.69, 9.17) is 4.55 Å². The van der Waals surface area contributed by atoms with Gasteiger partial charge >= 0.3 is 11.1 Å². The van der Waals surface area contributed by atoms with Crippen molar-refractivity contribution in [3.63, 3.8) is 0 Å². The van der Waals surface area contributed by atoms with Gasteiger partial charge in [0.1, 0.15) is 5.75 Å². The van der Waals surface area contributed by atoms with Gasteiger partial charge in [-0.15, -0.1) is 10.1 Å². The predicted molar refractivity (Wildman–Crippen MR) is 50.3 cm³/mol. The van der Waals surface area contributed by atoms with E-state index in [1.165, 1.54) is 0 Å². The van der Waals surface area contributed by atoms with Gasteiger partial charge in [0.2, 0.25) is 0 Å². The SMILES string of the molecule is O=C(O[N+](=O)[O-])c1cc(S(=O)(=O)O)ccc1O. The Labute approximate surface area is 94.1 Å². The maximum atomic E-state index is 11.1. The summed E-state index contributed by atoms with van der Waals surface area (Å²) < 4.78 is 30.1. The van der Waals surface area contributed by atoms with Crippen LogP contribution in [0, 0.1) is 10.1 Å². The van der Waals surface area contributed by atoms with Crippen LogP contribution in [0.15, 0.2) is 23.1 Å². The molecule has 0 radical (unpaired) electrons. The van der Waals surface area contributed by atoms with Crippen LogP contribution in [0.5, 0.6) is 5.75 Å². The van der Waals surface area contributed by atoms with E-state index in [1.807, 2.05) is 0 Å². The molecule has 0 bridgehead atoms. The Morgan fingerprint density at radius 2 is 2.00 bits per heavy atom. The molecule has 0 atom stereocenters. The van der Waals surface area contributed by atoms with Gasteiger partial charge in [0.05, 0.1) is 10.5 Å². The van der Waals surface area contributed by atoms with E-state index in [1.54, 1.807) is 0 Å². The number of rotatable bonds is 3. The second kappa shape index (κ2) is 4.35. The summed E-state index contributed by atoms with van der Waals surface area (Å²) in [7, 11) is -4.59. The van der Waals surface area contributed by atoms with Crippen molar-refractivity contribution in [1.29, 1.82) is 0 Å². The third-order valence-corrected chi connectivity index (χ3v) is 2.49. The Kier molecular flexibility index (Phi) is 3.29. The molecule has 0 amide bonds. The molecule has 17 heavy (non-hydrogen) atoms. The van der Waals surface area contributed by atoms with Gasteiger partial charge < -0.3 is 5.11 Å². The number of carbonyl (C=O) groups excluding carboxylic acids is 1. The maximum absolute atomic E-state index is 11.1. The highest BCUT2D eigenvalue weighted by Crippen LogP contribution is 2.22. The van der Waals surface area contributed by atoms with Crippen molar-refractivity contribution in [1.82, 2.24) is 0 Å². The number of hydrogen-bond acceptors (Lipinski definition) is 7. The van der Waals surface area contributed by atoms with E-state index in [-0.39, 0.29) is 0 Å². The summed E-state index contributed by atoms with van der Waals surface area (Å²) in [6.07, 6.45) is 0. The van der Waals surface area contributed by atoms with Crippen LogP contribution in [-0.4, -0.2) is 29.1 Å². The molecule has 0 unspecified atom stereocenters. The number of hydrogen-bond donors (Lipinski definition) is 2. The number of phenolic OH excluding ortho intramolecular Hbond substituents is 1. The minimum atomic E-state index is -4.59. The third kappa shape index (κ3) is 3.12. The first-order valence-electron chi connectivity index (χ1n) is 3.89. The highest BCUT2D eigenvalue weighted by molar-refractivity contribution is 7.85. The summed E-state index contributed by atoms with van der Waals surface area (Å²) in [4.78, 5) is 23.8. The number of phenols is 1. The lowest BCUT2D eigenvalue weighted by Gasteiger charge is -2.03. The van der Waals surface area contributed by atoms with Crippen LogP contribution >= 0.6 is 0 Å². The minimum Gasteiger partial charge on any atom is -0.507 e. The molecule has 0 aliphatic heterocycles. The molecule has 10 heteroatoms. The van der Waals surface area contributed by atoms with Crippen molar-refractivity contribution >= 4 is 16.1 Å². The smallest absolute Gasteiger partial charge is 0.338 e. The fraction of sp³-hybridized carbons (Fsp3) is 0. The number of aromatic hydroxyl groups is 1. The zero-order valence-electron chi connectivity index (χ0n) is 7.93. The zero-order chi connectivity index (χ0) is 13.2. The lowest BCUT2D eigenvalue weighted by Crippen LogP contribution is -2.11. The van der Waals surface area contributed by atoms with Crippen LogP contribution in [0.25, 0.3) is 0 Å². The van der Waals surface area contributed by atoms with E-state index in [0.29, 0.717) is 6.07 Å². The van der Waals surface area contributed by atoms with Crippen molar-refractivity contribution in [3.8, 4) is 5.75 Å². The average Bonchev–Trinajstić information content (AvgIpc) is 2.15. The highest BCUT2D eigenvalue weighted by Gasteiger charge is 2.19. The van der Waals surface area contributed by atoms with Gasteiger partial charge in [0.25, 0.3) is 10.1 Å². The van der Waals surface area contributed by atoms with E-state index in [9.17, 15) is 28.4 Å². The van der Waals surface area contributed by atoms with Crippen LogP contribution < -0.4 is 0 Å². The normalized spacial score (nSPS) is 10.9. The van der Waals surface area contributed by atoms with Gasteiger partial charge in [-0.05, 0) is 18.2 Å². The van der Waals surface area contributed by atoms with Crippen LogP contribution in [0.2, 0.25) is 0 Å². The van der Waals surface area contributed by atoms with E-state index < -0.39 is 37.4 Å². The molecule has 2 N–H and O–H groups in total. The first-order chi connectivity index (χ1) is 7.71.